The van der Waals surface area contributed by atoms with Gasteiger partial charge < -0.3 is 14.4 Å². The summed E-state index contributed by atoms with van der Waals surface area (Å²) in [7, 11) is 0. The molecule has 1 aliphatic heterocycles. The third-order valence-electron chi connectivity index (χ3n) is 4.93. The van der Waals surface area contributed by atoms with Crippen molar-refractivity contribution < 1.29 is 13.7 Å². The molecule has 2 aromatic heterocycles. The minimum atomic E-state index is -0.311. The molecule has 0 saturated carbocycles. The molecule has 1 N–H and O–H groups in total. The smallest absolute Gasteiger partial charge is 0.293 e. The van der Waals surface area contributed by atoms with Gasteiger partial charge in [-0.15, -0.1) is 0 Å². The van der Waals surface area contributed by atoms with Crippen LogP contribution >= 0.6 is 0 Å². The van der Waals surface area contributed by atoms with E-state index >= 15 is 0 Å². The number of hydrogen-bond donors (Lipinski definition) is 1. The van der Waals surface area contributed by atoms with Gasteiger partial charge in [0, 0.05) is 12.6 Å². The largest absolute Gasteiger partial charge is 0.351 e. The fourth-order valence-electron chi connectivity index (χ4n) is 3.69. The van der Waals surface area contributed by atoms with Crippen LogP contribution in [0.4, 0.5) is 4.39 Å². The van der Waals surface area contributed by atoms with Crippen LogP contribution in [-0.2, 0) is 6.42 Å². The molecule has 1 amide bonds. The third kappa shape index (κ3) is 3.59. The van der Waals surface area contributed by atoms with Gasteiger partial charge in [-0.05, 0) is 49.8 Å². The lowest BCUT2D eigenvalue weighted by Crippen LogP contribution is -2.38. The summed E-state index contributed by atoms with van der Waals surface area (Å²) in [5.41, 5.74) is 2.13. The molecule has 0 spiro atoms. The molecule has 1 saturated heterocycles. The van der Waals surface area contributed by atoms with Gasteiger partial charge in [0.2, 0.25) is 5.76 Å². The Bertz CT molecular complexity index is 962. The number of likely N-dealkylation sites (tertiary alicyclic amines) is 1. The van der Waals surface area contributed by atoms with Crippen LogP contribution < -0.4 is 0 Å². The zero-order valence-corrected chi connectivity index (χ0v) is 15.5. The summed E-state index contributed by atoms with van der Waals surface area (Å²) in [6.45, 7) is 4.83. The molecular weight excluding hydrogens is 347 g/mol. The number of amides is 1. The van der Waals surface area contributed by atoms with Crippen LogP contribution in [0.2, 0.25) is 0 Å². The lowest BCUT2D eigenvalue weighted by Gasteiger charge is -2.33. The second kappa shape index (κ2) is 7.13. The average Bonchev–Trinajstić information content (AvgIpc) is 3.27. The van der Waals surface area contributed by atoms with Gasteiger partial charge in [0.05, 0.1) is 22.8 Å². The highest BCUT2D eigenvalue weighted by Gasteiger charge is 2.32. The van der Waals surface area contributed by atoms with Crippen molar-refractivity contribution >= 4 is 16.9 Å². The Morgan fingerprint density at radius 3 is 3.04 bits per heavy atom. The van der Waals surface area contributed by atoms with Gasteiger partial charge in [0.1, 0.15) is 11.6 Å². The van der Waals surface area contributed by atoms with E-state index in [-0.39, 0.29) is 23.5 Å². The van der Waals surface area contributed by atoms with E-state index in [1.165, 1.54) is 12.1 Å². The molecule has 3 heterocycles. The van der Waals surface area contributed by atoms with E-state index in [2.05, 4.69) is 29.0 Å². The molecule has 1 fully saturated rings. The third-order valence-corrected chi connectivity index (χ3v) is 4.93. The van der Waals surface area contributed by atoms with Crippen molar-refractivity contribution in [1.29, 1.82) is 0 Å². The fraction of sp³-hybridized carbons (Fsp3) is 0.450. The number of nitrogens with zero attached hydrogens (tertiary/aromatic N) is 3. The molecule has 1 unspecified atom stereocenters. The molecule has 27 heavy (non-hydrogen) atoms. The van der Waals surface area contributed by atoms with Gasteiger partial charge in [-0.3, -0.25) is 4.79 Å². The van der Waals surface area contributed by atoms with Crippen molar-refractivity contribution in [2.24, 2.45) is 5.92 Å². The monoisotopic (exact) mass is 370 g/mol. The summed E-state index contributed by atoms with van der Waals surface area (Å²) in [6, 6.07) is 6.02. The van der Waals surface area contributed by atoms with E-state index in [0.29, 0.717) is 29.3 Å². The minimum absolute atomic E-state index is 0.172. The maximum Gasteiger partial charge on any atom is 0.293 e. The first-order valence-electron chi connectivity index (χ1n) is 9.43. The lowest BCUT2D eigenvalue weighted by molar-refractivity contribution is 0.0559. The van der Waals surface area contributed by atoms with Crippen LogP contribution in [0.15, 0.2) is 28.8 Å². The molecular formula is C20H23FN4O2. The summed E-state index contributed by atoms with van der Waals surface area (Å²) >= 11 is 0. The maximum absolute atomic E-state index is 13.5. The number of fused-ring (bicyclic) bond motifs is 1. The van der Waals surface area contributed by atoms with Gasteiger partial charge in [-0.1, -0.05) is 19.0 Å². The van der Waals surface area contributed by atoms with Crippen LogP contribution in [0.3, 0.4) is 0 Å². The predicted octanol–water partition coefficient (Wildman–Crippen LogP) is 4.26. The Morgan fingerprint density at radius 1 is 1.37 bits per heavy atom. The van der Waals surface area contributed by atoms with Gasteiger partial charge in [-0.25, -0.2) is 9.37 Å². The summed E-state index contributed by atoms with van der Waals surface area (Å²) in [4.78, 5) is 22.6. The van der Waals surface area contributed by atoms with Gasteiger partial charge >= 0.3 is 0 Å². The van der Waals surface area contributed by atoms with Gasteiger partial charge in [0.15, 0.2) is 0 Å². The van der Waals surface area contributed by atoms with Crippen molar-refractivity contribution in [3.05, 3.63) is 47.4 Å². The summed E-state index contributed by atoms with van der Waals surface area (Å²) < 4.78 is 18.8. The number of benzene rings is 1. The first kappa shape index (κ1) is 17.7. The first-order valence-corrected chi connectivity index (χ1v) is 9.43. The molecule has 0 aliphatic carbocycles. The second-order valence-electron chi connectivity index (χ2n) is 7.57. The summed E-state index contributed by atoms with van der Waals surface area (Å²) in [6.07, 6.45) is 3.52. The van der Waals surface area contributed by atoms with Crippen molar-refractivity contribution in [3.63, 3.8) is 0 Å². The van der Waals surface area contributed by atoms with Crippen molar-refractivity contribution in [2.75, 3.05) is 6.54 Å². The molecule has 7 heteroatoms. The average molecular weight is 370 g/mol. The fourth-order valence-corrected chi connectivity index (χ4v) is 3.69. The van der Waals surface area contributed by atoms with Crippen molar-refractivity contribution in [2.45, 2.75) is 45.6 Å². The topological polar surface area (TPSA) is 75.0 Å². The Labute approximate surface area is 156 Å². The van der Waals surface area contributed by atoms with Gasteiger partial charge in [-0.2, -0.15) is 0 Å². The van der Waals surface area contributed by atoms with Crippen LogP contribution in [-0.4, -0.2) is 32.5 Å². The second-order valence-corrected chi connectivity index (χ2v) is 7.57. The van der Waals surface area contributed by atoms with E-state index in [9.17, 15) is 9.18 Å². The highest BCUT2D eigenvalue weighted by Crippen LogP contribution is 2.32. The highest BCUT2D eigenvalue weighted by atomic mass is 19.1. The quantitative estimate of drug-likeness (QED) is 0.745. The summed E-state index contributed by atoms with van der Waals surface area (Å²) in [5.74, 6) is 0.907. The zero-order valence-electron chi connectivity index (χ0n) is 15.5. The minimum Gasteiger partial charge on any atom is -0.351 e. The standard InChI is InChI=1S/C20H23FN4O2/c1-12(2)9-14-11-18(27-24-14)20(26)25-8-4-3-5-17(25)19-22-15-7-6-13(21)10-16(15)23-19/h6-7,10-12,17H,3-5,8-9H2,1-2H3,(H,22,23). The molecule has 3 aromatic rings. The van der Waals surface area contributed by atoms with E-state index < -0.39 is 0 Å². The van der Waals surface area contributed by atoms with E-state index in [4.69, 9.17) is 4.52 Å². The van der Waals surface area contributed by atoms with Crippen LogP contribution in [0, 0.1) is 11.7 Å². The molecule has 4 rings (SSSR count). The number of imidazole rings is 1. The number of aromatic amines is 1. The van der Waals surface area contributed by atoms with Crippen molar-refractivity contribution in [3.8, 4) is 0 Å². The molecule has 0 radical (unpaired) electrons. The van der Waals surface area contributed by atoms with Crippen molar-refractivity contribution in [1.82, 2.24) is 20.0 Å². The molecule has 1 aromatic carbocycles. The van der Waals surface area contributed by atoms with Crippen LogP contribution in [0.5, 0.6) is 0 Å². The zero-order chi connectivity index (χ0) is 19.0. The lowest BCUT2D eigenvalue weighted by atomic mass is 10.0. The number of halogens is 1. The molecule has 0 bridgehead atoms. The van der Waals surface area contributed by atoms with E-state index in [1.807, 2.05) is 0 Å². The SMILES string of the molecule is CC(C)Cc1cc(C(=O)N2CCCCC2c2nc3ccc(F)cc3[nH]2)on1. The van der Waals surface area contributed by atoms with E-state index in [1.54, 1.807) is 17.0 Å². The molecule has 1 aliphatic rings. The predicted molar refractivity (Wildman–Crippen MR) is 98.7 cm³/mol. The number of rotatable bonds is 4. The Morgan fingerprint density at radius 2 is 2.22 bits per heavy atom. The highest BCUT2D eigenvalue weighted by molar-refractivity contribution is 5.92. The number of piperidine rings is 1. The number of carbonyl (C=O) groups is 1. The normalized spacial score (nSPS) is 17.8. The molecule has 142 valence electrons. The molecule has 1 atom stereocenters. The Balaban J connectivity index is 1.61. The molecule has 6 nitrogen and oxygen atoms in total. The number of H-pyrrole nitrogens is 1. The van der Waals surface area contributed by atoms with Crippen LogP contribution in [0.1, 0.15) is 61.2 Å². The maximum atomic E-state index is 13.5. The number of carbonyl (C=O) groups excluding carboxylic acids is 1. The van der Waals surface area contributed by atoms with Gasteiger partial charge in [0.25, 0.3) is 5.91 Å². The Hall–Kier alpha value is -2.70. The number of nitrogens with one attached hydrogen (secondary N) is 1. The number of hydrogen-bond acceptors (Lipinski definition) is 4. The number of aromatic nitrogens is 3. The Kier molecular flexibility index (Phi) is 4.68. The first-order chi connectivity index (χ1) is 13.0. The summed E-state index contributed by atoms with van der Waals surface area (Å²) in [5, 5.41) is 4.03. The van der Waals surface area contributed by atoms with E-state index in [0.717, 1.165) is 31.4 Å². The van der Waals surface area contributed by atoms with Crippen LogP contribution in [0.25, 0.3) is 11.0 Å².